The van der Waals surface area contributed by atoms with Gasteiger partial charge in [0.05, 0.1) is 27.3 Å². The number of alkyl halides is 6. The highest BCUT2D eigenvalue weighted by Crippen LogP contribution is 2.35. The molecule has 0 saturated heterocycles. The van der Waals surface area contributed by atoms with E-state index in [1.807, 2.05) is 0 Å². The minimum Gasteiger partial charge on any atom is -0.241 e. The summed E-state index contributed by atoms with van der Waals surface area (Å²) in [6.45, 7) is 7.39. The standard InChI is InChI=1S/C34H14F6N6/c1-42-46-30-24-13-7-20(18-4-10-22(11-5-18)34(38,39)40)15-26(24)29-32(30)44-28-23-12-6-19(14-25(23)27(43-16-41)31(28)45-29)17-2-8-21(9-3-17)33(35,36)37/h2-15H/b43-27?,46-30+. The van der Waals surface area contributed by atoms with Crippen molar-refractivity contribution in [2.45, 2.75) is 12.4 Å². The number of hydrogen-bond donors (Lipinski definition) is 0. The first kappa shape index (κ1) is 28.6. The van der Waals surface area contributed by atoms with Gasteiger partial charge >= 0.3 is 12.4 Å². The fourth-order valence-corrected chi connectivity index (χ4v) is 5.67. The molecule has 0 spiro atoms. The summed E-state index contributed by atoms with van der Waals surface area (Å²) in [7, 11) is 0. The number of nitrogens with zero attached hydrogens (tertiary/aromatic N) is 6. The highest BCUT2D eigenvalue weighted by molar-refractivity contribution is 6.15. The second kappa shape index (κ2) is 10.2. The summed E-state index contributed by atoms with van der Waals surface area (Å²) in [4.78, 5) is 16.9. The average Bonchev–Trinajstić information content (AvgIpc) is 3.50. The lowest BCUT2D eigenvalue weighted by Gasteiger charge is -2.08. The molecular formula is C34H14F6N6. The van der Waals surface area contributed by atoms with Gasteiger partial charge in [-0.05, 0) is 58.7 Å². The lowest BCUT2D eigenvalue weighted by molar-refractivity contribution is -0.138. The van der Waals surface area contributed by atoms with E-state index in [2.05, 4.69) is 15.0 Å². The van der Waals surface area contributed by atoms with Crippen molar-refractivity contribution in [2.75, 3.05) is 0 Å². The van der Waals surface area contributed by atoms with Crippen LogP contribution in [0.25, 0.3) is 70.8 Å². The van der Waals surface area contributed by atoms with Crippen molar-refractivity contribution in [2.24, 2.45) is 10.1 Å². The first-order valence-corrected chi connectivity index (χ1v) is 13.5. The molecule has 0 atom stereocenters. The van der Waals surface area contributed by atoms with Crippen LogP contribution in [0.5, 0.6) is 0 Å². The van der Waals surface area contributed by atoms with Gasteiger partial charge in [-0.15, -0.1) is 4.95 Å². The number of nitriles is 1. The predicted octanol–water partition coefficient (Wildman–Crippen LogP) is 8.45. The van der Waals surface area contributed by atoms with Crippen LogP contribution in [0.2, 0.25) is 0 Å². The van der Waals surface area contributed by atoms with Crippen LogP contribution in [-0.2, 0) is 12.4 Å². The van der Waals surface area contributed by atoms with E-state index in [4.69, 9.17) is 16.5 Å². The van der Waals surface area contributed by atoms with Crippen LogP contribution < -0.4 is 10.7 Å². The summed E-state index contributed by atoms with van der Waals surface area (Å²) in [6.07, 6.45) is -7.17. The molecule has 0 saturated carbocycles. The Morgan fingerprint density at radius 3 is 1.52 bits per heavy atom. The highest BCUT2D eigenvalue weighted by atomic mass is 19.4. The fourth-order valence-electron chi connectivity index (χ4n) is 5.67. The Hall–Kier alpha value is -6.14. The number of benzene rings is 4. The van der Waals surface area contributed by atoms with Crippen molar-refractivity contribution in [1.29, 1.82) is 5.26 Å². The number of fused-ring (bicyclic) bond motifs is 6. The Bertz CT molecular complexity index is 2560. The van der Waals surface area contributed by atoms with E-state index in [1.165, 1.54) is 24.3 Å². The minimum atomic E-state index is -4.48. The van der Waals surface area contributed by atoms with E-state index in [0.717, 1.165) is 24.3 Å². The molecule has 0 unspecified atom stereocenters. The van der Waals surface area contributed by atoms with E-state index in [1.54, 1.807) is 42.6 Å². The molecule has 0 radical (unpaired) electrons. The lowest BCUT2D eigenvalue weighted by Crippen LogP contribution is -2.04. The zero-order chi connectivity index (χ0) is 32.4. The molecule has 12 heteroatoms. The summed E-state index contributed by atoms with van der Waals surface area (Å²) in [5.74, 6) is 0. The first-order chi connectivity index (χ1) is 22.0. The molecule has 0 bridgehead atoms. The van der Waals surface area contributed by atoms with Gasteiger partial charge in [0.15, 0.2) is 5.36 Å². The molecule has 0 aliphatic heterocycles. The van der Waals surface area contributed by atoms with Crippen LogP contribution in [0.15, 0.2) is 95.0 Å². The van der Waals surface area contributed by atoms with E-state index in [0.29, 0.717) is 60.3 Å². The Kier molecular flexibility index (Phi) is 6.35. The lowest BCUT2D eigenvalue weighted by atomic mass is 10.0. The zero-order valence-electron chi connectivity index (χ0n) is 23.0. The van der Waals surface area contributed by atoms with Crippen molar-refractivity contribution in [3.8, 4) is 28.4 Å². The summed E-state index contributed by atoms with van der Waals surface area (Å²) in [5.41, 5.74) is 2.00. The maximum absolute atomic E-state index is 13.1. The van der Waals surface area contributed by atoms with Crippen LogP contribution in [-0.4, -0.2) is 9.97 Å². The van der Waals surface area contributed by atoms with Crippen molar-refractivity contribution < 1.29 is 26.3 Å². The Morgan fingerprint density at radius 1 is 0.565 bits per heavy atom. The van der Waals surface area contributed by atoms with E-state index in [-0.39, 0.29) is 16.2 Å². The molecule has 7 aromatic rings. The van der Waals surface area contributed by atoms with Crippen LogP contribution >= 0.6 is 0 Å². The monoisotopic (exact) mass is 620 g/mol. The smallest absolute Gasteiger partial charge is 0.241 e. The molecule has 6 aromatic carbocycles. The number of halogens is 6. The topological polar surface area (TPSA) is 78.6 Å². The van der Waals surface area contributed by atoms with E-state index in [9.17, 15) is 31.6 Å². The van der Waals surface area contributed by atoms with E-state index < -0.39 is 23.5 Å². The van der Waals surface area contributed by atoms with Gasteiger partial charge in [-0.2, -0.15) is 43.2 Å². The molecule has 46 heavy (non-hydrogen) atoms. The number of hydrogen-bond acceptors (Lipinski definition) is 5. The summed E-state index contributed by atoms with van der Waals surface area (Å²) < 4.78 is 78.6. The van der Waals surface area contributed by atoms with Gasteiger partial charge in [-0.1, -0.05) is 48.5 Å². The molecule has 0 amide bonds. The third kappa shape index (κ3) is 4.59. The van der Waals surface area contributed by atoms with Crippen LogP contribution in [0, 0.1) is 18.0 Å². The molecule has 222 valence electrons. The Labute approximate surface area is 254 Å². The normalized spacial score (nSPS) is 13.2. The minimum absolute atomic E-state index is 0.215. The SMILES string of the molecule is [C-]#[N+]/N=c1\c2ccc(-c3ccc(C(F)(F)F)cc3)cc2c2nc3c(=NC#N)c4cc(-c5ccc(C(F)(F)F)cc5)ccc4c3nc12. The molecule has 0 aliphatic carbocycles. The van der Waals surface area contributed by atoms with Crippen LogP contribution in [0.1, 0.15) is 11.1 Å². The second-order valence-electron chi connectivity index (χ2n) is 10.4. The Balaban J connectivity index is 1.46. The second-order valence-corrected chi connectivity index (χ2v) is 10.4. The fraction of sp³-hybridized carbons (Fsp3) is 0.0588. The molecule has 1 heterocycles. The van der Waals surface area contributed by atoms with Gasteiger partial charge in [0, 0.05) is 21.5 Å². The van der Waals surface area contributed by atoms with Gasteiger partial charge in [0.1, 0.15) is 16.4 Å². The largest absolute Gasteiger partial charge is 0.416 e. The molecule has 7 rings (SSSR count). The van der Waals surface area contributed by atoms with E-state index >= 15 is 0 Å². The van der Waals surface area contributed by atoms with Gasteiger partial charge < -0.3 is 0 Å². The maximum atomic E-state index is 13.1. The van der Waals surface area contributed by atoms with Crippen molar-refractivity contribution in [3.05, 3.63) is 118 Å². The molecule has 6 nitrogen and oxygen atoms in total. The summed E-state index contributed by atoms with van der Waals surface area (Å²) >= 11 is 0. The van der Waals surface area contributed by atoms with Crippen LogP contribution in [0.4, 0.5) is 26.3 Å². The third-order valence-corrected chi connectivity index (χ3v) is 7.81. The van der Waals surface area contributed by atoms with Crippen molar-refractivity contribution in [1.82, 2.24) is 9.97 Å². The summed E-state index contributed by atoms with van der Waals surface area (Å²) in [6, 6.07) is 19.7. The third-order valence-electron chi connectivity index (χ3n) is 7.81. The number of rotatable bonds is 2. The predicted molar refractivity (Wildman–Crippen MR) is 159 cm³/mol. The number of aromatic nitrogens is 2. The maximum Gasteiger partial charge on any atom is 0.416 e. The first-order valence-electron chi connectivity index (χ1n) is 13.5. The highest BCUT2D eigenvalue weighted by Gasteiger charge is 2.31. The Morgan fingerprint density at radius 2 is 1.02 bits per heavy atom. The van der Waals surface area contributed by atoms with Crippen molar-refractivity contribution >= 4 is 43.6 Å². The summed E-state index contributed by atoms with van der Waals surface area (Å²) in [5, 5.41) is 16.2. The molecule has 0 aliphatic rings. The molecule has 1 aromatic heterocycles. The van der Waals surface area contributed by atoms with Crippen LogP contribution in [0.3, 0.4) is 0 Å². The van der Waals surface area contributed by atoms with Gasteiger partial charge in [0.2, 0.25) is 6.19 Å². The molecular weight excluding hydrogens is 606 g/mol. The van der Waals surface area contributed by atoms with Gasteiger partial charge in [-0.3, -0.25) is 0 Å². The molecule has 0 fully saturated rings. The van der Waals surface area contributed by atoms with Crippen molar-refractivity contribution in [3.63, 3.8) is 0 Å². The quantitative estimate of drug-likeness (QED) is 0.0842. The van der Waals surface area contributed by atoms with Gasteiger partial charge in [0.25, 0.3) is 0 Å². The average molecular weight is 621 g/mol. The zero-order valence-corrected chi connectivity index (χ0v) is 23.0. The molecule has 0 N–H and O–H groups in total. The van der Waals surface area contributed by atoms with Gasteiger partial charge in [-0.25, -0.2) is 9.97 Å².